The molecule has 4 nitrogen and oxygen atoms in total. The first kappa shape index (κ1) is 13.9. The molecule has 21 heavy (non-hydrogen) atoms. The molecule has 0 bridgehead atoms. The van der Waals surface area contributed by atoms with Crippen molar-refractivity contribution in [3.05, 3.63) is 57.2 Å². The molecule has 2 aromatic heterocycles. The predicted molar refractivity (Wildman–Crippen MR) is 82.1 cm³/mol. The Morgan fingerprint density at radius 1 is 1.43 bits per heavy atom. The largest absolute Gasteiger partial charge is 0.323 e. The van der Waals surface area contributed by atoms with Gasteiger partial charge >= 0.3 is 0 Å². The van der Waals surface area contributed by atoms with Gasteiger partial charge in [0.2, 0.25) is 0 Å². The average Bonchev–Trinajstić information content (AvgIpc) is 2.77. The van der Waals surface area contributed by atoms with Crippen LogP contribution in [0, 0.1) is 12.7 Å². The molecule has 1 atom stereocenters. The van der Waals surface area contributed by atoms with Crippen molar-refractivity contribution in [2.75, 3.05) is 0 Å². The summed E-state index contributed by atoms with van der Waals surface area (Å²) in [6.07, 6.45) is 1.49. The lowest BCUT2D eigenvalue weighted by atomic mass is 10.1. The predicted octanol–water partition coefficient (Wildman–Crippen LogP) is 2.89. The minimum Gasteiger partial charge on any atom is -0.323 e. The van der Waals surface area contributed by atoms with Crippen LogP contribution in [-0.4, -0.2) is 9.38 Å². The van der Waals surface area contributed by atoms with Gasteiger partial charge in [0.25, 0.3) is 5.56 Å². The first-order valence-electron chi connectivity index (χ1n) is 6.51. The van der Waals surface area contributed by atoms with Crippen LogP contribution in [0.2, 0.25) is 0 Å². The number of hydrogen-bond donors (Lipinski definition) is 1. The third-order valence-corrected chi connectivity index (χ3v) is 4.73. The molecule has 3 aromatic rings. The maximum Gasteiger partial charge on any atom is 0.266 e. The van der Waals surface area contributed by atoms with Crippen molar-refractivity contribution in [2.24, 2.45) is 5.73 Å². The lowest BCUT2D eigenvalue weighted by Crippen LogP contribution is -2.17. The lowest BCUT2D eigenvalue weighted by Gasteiger charge is -2.04. The summed E-state index contributed by atoms with van der Waals surface area (Å²) in [4.78, 5) is 18.5. The molecule has 0 saturated heterocycles. The number of aryl methyl sites for hydroxylation is 1. The van der Waals surface area contributed by atoms with Gasteiger partial charge in [0, 0.05) is 22.8 Å². The van der Waals surface area contributed by atoms with Gasteiger partial charge in [0.05, 0.1) is 5.56 Å². The SMILES string of the molecule is Cc1c([C@H](C)N)sc2ncc(-c3cccc(F)c3)c(=O)n12. The van der Waals surface area contributed by atoms with Gasteiger partial charge in [-0.05, 0) is 31.5 Å². The summed E-state index contributed by atoms with van der Waals surface area (Å²) in [5.74, 6) is -0.379. The van der Waals surface area contributed by atoms with E-state index < -0.39 is 0 Å². The second kappa shape index (κ2) is 5.05. The number of fused-ring (bicyclic) bond motifs is 1. The van der Waals surface area contributed by atoms with Crippen molar-refractivity contribution in [3.63, 3.8) is 0 Å². The van der Waals surface area contributed by atoms with Crippen LogP contribution in [0.15, 0.2) is 35.3 Å². The van der Waals surface area contributed by atoms with Crippen LogP contribution >= 0.6 is 11.3 Å². The Balaban J connectivity index is 2.30. The van der Waals surface area contributed by atoms with Crippen LogP contribution in [0.4, 0.5) is 4.39 Å². The van der Waals surface area contributed by atoms with E-state index in [0.717, 1.165) is 10.6 Å². The van der Waals surface area contributed by atoms with Gasteiger partial charge in [-0.3, -0.25) is 9.20 Å². The van der Waals surface area contributed by atoms with Gasteiger partial charge in [0.1, 0.15) is 5.82 Å². The number of nitrogens with two attached hydrogens (primary N) is 1. The van der Waals surface area contributed by atoms with Gasteiger partial charge in [0.15, 0.2) is 4.96 Å². The minimum absolute atomic E-state index is 0.159. The molecule has 0 unspecified atom stereocenters. The molecule has 0 aliphatic rings. The highest BCUT2D eigenvalue weighted by molar-refractivity contribution is 7.17. The number of benzene rings is 1. The topological polar surface area (TPSA) is 60.4 Å². The average molecular weight is 303 g/mol. The molecule has 0 radical (unpaired) electrons. The van der Waals surface area contributed by atoms with E-state index in [4.69, 9.17) is 5.73 Å². The summed E-state index contributed by atoms with van der Waals surface area (Å²) >= 11 is 1.41. The first-order valence-corrected chi connectivity index (χ1v) is 7.33. The van der Waals surface area contributed by atoms with Crippen molar-refractivity contribution in [1.82, 2.24) is 9.38 Å². The van der Waals surface area contributed by atoms with Crippen LogP contribution in [-0.2, 0) is 0 Å². The van der Waals surface area contributed by atoms with Crippen LogP contribution in [0.1, 0.15) is 23.5 Å². The van der Waals surface area contributed by atoms with Gasteiger partial charge in [-0.25, -0.2) is 9.37 Å². The van der Waals surface area contributed by atoms with Crippen LogP contribution in [0.25, 0.3) is 16.1 Å². The summed E-state index contributed by atoms with van der Waals surface area (Å²) in [5, 5.41) is 0. The number of halogens is 1. The second-order valence-corrected chi connectivity index (χ2v) is 5.95. The Kier molecular flexibility index (Phi) is 3.35. The standard InChI is InChI=1S/C15H14FN3OS/c1-8(17)13-9(2)19-14(20)12(7-18-15(19)21-13)10-4-3-5-11(16)6-10/h3-8H,17H2,1-2H3/t8-/m0/s1. The molecule has 0 fully saturated rings. The summed E-state index contributed by atoms with van der Waals surface area (Å²) in [7, 11) is 0. The van der Waals surface area contributed by atoms with Crippen LogP contribution in [0.5, 0.6) is 0 Å². The maximum atomic E-state index is 13.3. The van der Waals surface area contributed by atoms with Crippen molar-refractivity contribution in [2.45, 2.75) is 19.9 Å². The minimum atomic E-state index is -0.379. The van der Waals surface area contributed by atoms with Crippen molar-refractivity contribution in [3.8, 4) is 11.1 Å². The molecule has 0 amide bonds. The Labute approximate surface area is 124 Å². The Morgan fingerprint density at radius 3 is 2.86 bits per heavy atom. The molecule has 6 heteroatoms. The van der Waals surface area contributed by atoms with E-state index in [1.54, 1.807) is 16.5 Å². The van der Waals surface area contributed by atoms with Crippen molar-refractivity contribution < 1.29 is 4.39 Å². The molecular weight excluding hydrogens is 289 g/mol. The molecular formula is C15H14FN3OS. The fraction of sp³-hybridized carbons (Fsp3) is 0.200. The molecule has 0 saturated carbocycles. The highest BCUT2D eigenvalue weighted by Gasteiger charge is 2.16. The molecule has 2 N–H and O–H groups in total. The fourth-order valence-corrected chi connectivity index (χ4v) is 3.40. The monoisotopic (exact) mass is 303 g/mol. The van der Waals surface area contributed by atoms with Crippen LogP contribution in [0.3, 0.4) is 0 Å². The first-order chi connectivity index (χ1) is 9.99. The Morgan fingerprint density at radius 2 is 2.19 bits per heavy atom. The number of thiazole rings is 1. The Bertz CT molecular complexity index is 882. The van der Waals surface area contributed by atoms with Crippen LogP contribution < -0.4 is 11.3 Å². The Hall–Kier alpha value is -2.05. The summed E-state index contributed by atoms with van der Waals surface area (Å²) in [5.41, 5.74) is 7.41. The highest BCUT2D eigenvalue weighted by atomic mass is 32.1. The van der Waals surface area contributed by atoms with E-state index in [0.29, 0.717) is 16.1 Å². The smallest absolute Gasteiger partial charge is 0.266 e. The number of hydrogen-bond acceptors (Lipinski definition) is 4. The van der Waals surface area contributed by atoms with E-state index in [-0.39, 0.29) is 17.4 Å². The molecule has 0 aliphatic heterocycles. The van der Waals surface area contributed by atoms with Crippen molar-refractivity contribution in [1.29, 1.82) is 0 Å². The van der Waals surface area contributed by atoms with Gasteiger partial charge < -0.3 is 5.73 Å². The normalized spacial score (nSPS) is 12.8. The van der Waals surface area contributed by atoms with Gasteiger partial charge in [-0.2, -0.15) is 0 Å². The molecule has 2 heterocycles. The molecule has 0 aliphatic carbocycles. The zero-order valence-corrected chi connectivity index (χ0v) is 12.4. The number of nitrogens with zero attached hydrogens (tertiary/aromatic N) is 2. The second-order valence-electron chi connectivity index (χ2n) is 4.95. The molecule has 1 aromatic carbocycles. The molecule has 3 rings (SSSR count). The third kappa shape index (κ3) is 2.26. The quantitative estimate of drug-likeness (QED) is 0.792. The van der Waals surface area contributed by atoms with E-state index in [2.05, 4.69) is 4.98 Å². The number of aromatic nitrogens is 2. The molecule has 108 valence electrons. The fourth-order valence-electron chi connectivity index (χ4n) is 2.37. The van der Waals surface area contributed by atoms with E-state index in [9.17, 15) is 9.18 Å². The zero-order chi connectivity index (χ0) is 15.1. The van der Waals surface area contributed by atoms with Gasteiger partial charge in [-0.1, -0.05) is 23.5 Å². The van der Waals surface area contributed by atoms with Crippen molar-refractivity contribution >= 4 is 16.3 Å². The third-order valence-electron chi connectivity index (χ3n) is 3.37. The van der Waals surface area contributed by atoms with E-state index >= 15 is 0 Å². The lowest BCUT2D eigenvalue weighted by molar-refractivity contribution is 0.628. The maximum absolute atomic E-state index is 13.3. The molecule has 0 spiro atoms. The summed E-state index contributed by atoms with van der Waals surface area (Å²) in [6, 6.07) is 5.79. The summed E-state index contributed by atoms with van der Waals surface area (Å²) in [6.45, 7) is 3.72. The highest BCUT2D eigenvalue weighted by Crippen LogP contribution is 2.26. The zero-order valence-electron chi connectivity index (χ0n) is 11.6. The van der Waals surface area contributed by atoms with Gasteiger partial charge in [-0.15, -0.1) is 0 Å². The van der Waals surface area contributed by atoms with E-state index in [1.807, 2.05) is 13.8 Å². The summed E-state index contributed by atoms with van der Waals surface area (Å²) < 4.78 is 14.9. The number of rotatable bonds is 2. The van der Waals surface area contributed by atoms with E-state index in [1.165, 1.54) is 29.7 Å².